The lowest BCUT2D eigenvalue weighted by atomic mass is 10.2. The van der Waals surface area contributed by atoms with Crippen LogP contribution >= 0.6 is 11.6 Å². The van der Waals surface area contributed by atoms with Crippen molar-refractivity contribution in [2.24, 2.45) is 7.05 Å². The highest BCUT2D eigenvalue weighted by molar-refractivity contribution is 6.33. The van der Waals surface area contributed by atoms with Crippen LogP contribution in [0.25, 0.3) is 0 Å². The monoisotopic (exact) mass is 264 g/mol. The molecule has 4 nitrogen and oxygen atoms in total. The van der Waals surface area contributed by atoms with Crippen molar-refractivity contribution in [3.05, 3.63) is 39.9 Å². The fourth-order valence-electron chi connectivity index (χ4n) is 1.94. The maximum absolute atomic E-state index is 6.20. The molecule has 0 unspecified atom stereocenters. The molecule has 0 saturated heterocycles. The number of pyridine rings is 1. The lowest BCUT2D eigenvalue weighted by molar-refractivity contribution is 0.730. The maximum Gasteiger partial charge on any atom is 0.0849 e. The predicted octanol–water partition coefficient (Wildman–Crippen LogP) is 3.01. The van der Waals surface area contributed by atoms with Gasteiger partial charge in [-0.3, -0.25) is 9.67 Å². The molecule has 0 aromatic carbocycles. The number of rotatable bonds is 3. The summed E-state index contributed by atoms with van der Waals surface area (Å²) in [4.78, 5) is 4.15. The highest BCUT2D eigenvalue weighted by Crippen LogP contribution is 2.24. The van der Waals surface area contributed by atoms with E-state index in [4.69, 9.17) is 11.6 Å². The van der Waals surface area contributed by atoms with Gasteiger partial charge in [0, 0.05) is 31.0 Å². The first kappa shape index (κ1) is 12.9. The Kier molecular flexibility index (Phi) is 3.57. The van der Waals surface area contributed by atoms with E-state index in [9.17, 15) is 0 Å². The SMILES string of the molecule is Cc1nccc(NCc2c(C)nn(C)c2C)c1Cl. The molecule has 0 aliphatic heterocycles. The normalized spacial score (nSPS) is 10.7. The van der Waals surface area contributed by atoms with Crippen LogP contribution in [0.1, 0.15) is 22.6 Å². The van der Waals surface area contributed by atoms with Gasteiger partial charge in [0.25, 0.3) is 0 Å². The van der Waals surface area contributed by atoms with Crippen molar-refractivity contribution < 1.29 is 0 Å². The van der Waals surface area contributed by atoms with Crippen molar-refractivity contribution in [3.63, 3.8) is 0 Å². The van der Waals surface area contributed by atoms with Crippen molar-refractivity contribution in [2.75, 3.05) is 5.32 Å². The van der Waals surface area contributed by atoms with Gasteiger partial charge in [-0.2, -0.15) is 5.10 Å². The highest BCUT2D eigenvalue weighted by atomic mass is 35.5. The van der Waals surface area contributed by atoms with Crippen molar-refractivity contribution in [2.45, 2.75) is 27.3 Å². The summed E-state index contributed by atoms with van der Waals surface area (Å²) < 4.78 is 1.89. The Balaban J connectivity index is 2.19. The van der Waals surface area contributed by atoms with Crippen LogP contribution < -0.4 is 5.32 Å². The molecular formula is C13H17ClN4. The second-order valence-electron chi connectivity index (χ2n) is 4.38. The fraction of sp³-hybridized carbons (Fsp3) is 0.385. The molecule has 0 fully saturated rings. The van der Waals surface area contributed by atoms with E-state index in [1.165, 1.54) is 11.3 Å². The van der Waals surface area contributed by atoms with Gasteiger partial charge in [-0.15, -0.1) is 0 Å². The van der Waals surface area contributed by atoms with E-state index >= 15 is 0 Å². The minimum Gasteiger partial charge on any atom is -0.380 e. The zero-order valence-corrected chi connectivity index (χ0v) is 11.8. The summed E-state index contributed by atoms with van der Waals surface area (Å²) in [7, 11) is 1.95. The zero-order chi connectivity index (χ0) is 13.3. The number of aromatic nitrogens is 3. The summed E-state index contributed by atoms with van der Waals surface area (Å²) in [5.74, 6) is 0. The van der Waals surface area contributed by atoms with Gasteiger partial charge in [0.1, 0.15) is 0 Å². The van der Waals surface area contributed by atoms with Crippen molar-refractivity contribution >= 4 is 17.3 Å². The summed E-state index contributed by atoms with van der Waals surface area (Å²) in [6.45, 7) is 6.70. The second kappa shape index (κ2) is 4.98. The van der Waals surface area contributed by atoms with Crippen LogP contribution in [0, 0.1) is 20.8 Å². The van der Waals surface area contributed by atoms with Crippen LogP contribution in [0.4, 0.5) is 5.69 Å². The molecule has 0 amide bonds. The fourth-order valence-corrected chi connectivity index (χ4v) is 2.12. The molecule has 5 heteroatoms. The Hall–Kier alpha value is -1.55. The van der Waals surface area contributed by atoms with Crippen LogP contribution in [0.5, 0.6) is 0 Å². The first-order valence-electron chi connectivity index (χ1n) is 5.84. The molecule has 96 valence electrons. The van der Waals surface area contributed by atoms with Gasteiger partial charge in [0.2, 0.25) is 0 Å². The zero-order valence-electron chi connectivity index (χ0n) is 11.1. The molecule has 2 rings (SSSR count). The van der Waals surface area contributed by atoms with Crippen LogP contribution in [0.2, 0.25) is 5.02 Å². The Morgan fingerprint density at radius 1 is 1.28 bits per heavy atom. The molecule has 0 bridgehead atoms. The Labute approximate surface area is 112 Å². The van der Waals surface area contributed by atoms with E-state index < -0.39 is 0 Å². The van der Waals surface area contributed by atoms with E-state index in [0.717, 1.165) is 17.1 Å². The minimum atomic E-state index is 0.677. The number of halogens is 1. The average Bonchev–Trinajstić information content (AvgIpc) is 2.56. The van der Waals surface area contributed by atoms with Crippen LogP contribution in [0.3, 0.4) is 0 Å². The summed E-state index contributed by atoms with van der Waals surface area (Å²) >= 11 is 6.20. The third-order valence-electron chi connectivity index (χ3n) is 3.18. The van der Waals surface area contributed by atoms with E-state index in [1.54, 1.807) is 6.20 Å². The van der Waals surface area contributed by atoms with Crippen LogP contribution in [0.15, 0.2) is 12.3 Å². The largest absolute Gasteiger partial charge is 0.380 e. The van der Waals surface area contributed by atoms with Gasteiger partial charge >= 0.3 is 0 Å². The van der Waals surface area contributed by atoms with Gasteiger partial charge in [-0.1, -0.05) is 11.6 Å². The number of anilines is 1. The number of aryl methyl sites for hydroxylation is 3. The molecule has 2 aromatic heterocycles. The smallest absolute Gasteiger partial charge is 0.0849 e. The van der Waals surface area contributed by atoms with Crippen molar-refractivity contribution in [1.82, 2.24) is 14.8 Å². The number of hydrogen-bond acceptors (Lipinski definition) is 3. The van der Waals surface area contributed by atoms with E-state index in [2.05, 4.69) is 22.3 Å². The maximum atomic E-state index is 6.20. The molecule has 1 N–H and O–H groups in total. The Bertz CT molecular complexity index is 575. The first-order valence-corrected chi connectivity index (χ1v) is 6.22. The number of nitrogens with zero attached hydrogens (tertiary/aromatic N) is 3. The summed E-state index contributed by atoms with van der Waals surface area (Å²) in [5.41, 5.74) is 5.17. The number of hydrogen-bond donors (Lipinski definition) is 1. The van der Waals surface area contributed by atoms with Gasteiger partial charge in [0.05, 0.1) is 22.1 Å². The summed E-state index contributed by atoms with van der Waals surface area (Å²) in [5, 5.41) is 8.41. The molecule has 0 radical (unpaired) electrons. The Morgan fingerprint density at radius 2 is 2.00 bits per heavy atom. The van der Waals surface area contributed by atoms with Gasteiger partial charge in [0.15, 0.2) is 0 Å². The van der Waals surface area contributed by atoms with E-state index in [-0.39, 0.29) is 0 Å². The topological polar surface area (TPSA) is 42.7 Å². The minimum absolute atomic E-state index is 0.677. The van der Waals surface area contributed by atoms with Crippen molar-refractivity contribution in [3.8, 4) is 0 Å². The summed E-state index contributed by atoms with van der Waals surface area (Å²) in [6, 6.07) is 1.89. The highest BCUT2D eigenvalue weighted by Gasteiger charge is 2.10. The molecule has 18 heavy (non-hydrogen) atoms. The lowest BCUT2D eigenvalue weighted by Crippen LogP contribution is -2.03. The first-order chi connectivity index (χ1) is 8.50. The molecule has 2 heterocycles. The third kappa shape index (κ3) is 2.34. The molecule has 0 saturated carbocycles. The molecule has 0 aliphatic carbocycles. The van der Waals surface area contributed by atoms with Crippen LogP contribution in [-0.2, 0) is 13.6 Å². The van der Waals surface area contributed by atoms with Gasteiger partial charge in [-0.25, -0.2) is 0 Å². The Morgan fingerprint density at radius 3 is 2.61 bits per heavy atom. The van der Waals surface area contributed by atoms with E-state index in [1.807, 2.05) is 31.6 Å². The van der Waals surface area contributed by atoms with Gasteiger partial charge < -0.3 is 5.32 Å². The average molecular weight is 265 g/mol. The standard InChI is InChI=1S/C13H17ClN4/c1-8-11(10(3)18(4)17-8)7-16-12-5-6-15-9(2)13(12)14/h5-6H,7H2,1-4H3,(H,15,16). The van der Waals surface area contributed by atoms with Crippen LogP contribution in [-0.4, -0.2) is 14.8 Å². The predicted molar refractivity (Wildman–Crippen MR) is 74.0 cm³/mol. The molecule has 0 spiro atoms. The number of nitrogens with one attached hydrogen (secondary N) is 1. The summed E-state index contributed by atoms with van der Waals surface area (Å²) in [6.07, 6.45) is 1.76. The second-order valence-corrected chi connectivity index (χ2v) is 4.76. The molecular weight excluding hydrogens is 248 g/mol. The van der Waals surface area contributed by atoms with Crippen molar-refractivity contribution in [1.29, 1.82) is 0 Å². The van der Waals surface area contributed by atoms with E-state index in [0.29, 0.717) is 11.6 Å². The van der Waals surface area contributed by atoms with Gasteiger partial charge in [-0.05, 0) is 26.8 Å². The molecule has 2 aromatic rings. The lowest BCUT2D eigenvalue weighted by Gasteiger charge is -2.09. The molecule has 0 atom stereocenters. The molecule has 0 aliphatic rings. The third-order valence-corrected chi connectivity index (χ3v) is 3.66. The quantitative estimate of drug-likeness (QED) is 0.927.